The molecule has 1 fully saturated rings. The lowest BCUT2D eigenvalue weighted by atomic mass is 11.0. The SMILES string of the molecule is C1CC1.C=C[Si](OC)(OC)OC. The van der Waals surface area contributed by atoms with Gasteiger partial charge in [-0.2, -0.15) is 0 Å². The van der Waals surface area contributed by atoms with E-state index in [4.69, 9.17) is 13.3 Å². The maximum atomic E-state index is 4.96. The lowest BCUT2D eigenvalue weighted by molar-refractivity contribution is 0.138. The van der Waals surface area contributed by atoms with Crippen molar-refractivity contribution < 1.29 is 13.3 Å². The van der Waals surface area contributed by atoms with E-state index in [1.807, 2.05) is 0 Å². The third kappa shape index (κ3) is 4.66. The van der Waals surface area contributed by atoms with Gasteiger partial charge in [0.05, 0.1) is 0 Å². The van der Waals surface area contributed by atoms with Gasteiger partial charge in [0.15, 0.2) is 0 Å². The second-order valence-corrected chi connectivity index (χ2v) is 5.32. The van der Waals surface area contributed by atoms with Gasteiger partial charge in [-0.1, -0.05) is 25.8 Å². The average molecular weight is 190 g/mol. The Morgan fingerprint density at radius 3 is 1.33 bits per heavy atom. The van der Waals surface area contributed by atoms with E-state index in [1.54, 1.807) is 27.0 Å². The van der Waals surface area contributed by atoms with Gasteiger partial charge in [-0.25, -0.2) is 0 Å². The fourth-order valence-electron chi connectivity index (χ4n) is 0.500. The standard InChI is InChI=1S/C5H12O3Si.C3H6/c1-5-9(6-2,7-3)8-4;1-2-3-1/h5H,1H2,2-4H3;1-3H2. The molecule has 4 heteroatoms. The molecular formula is C8H18O3Si. The molecule has 0 aromatic rings. The van der Waals surface area contributed by atoms with Crippen molar-refractivity contribution in [3.05, 3.63) is 12.3 Å². The van der Waals surface area contributed by atoms with Crippen molar-refractivity contribution in [2.75, 3.05) is 21.3 Å². The molecule has 0 amide bonds. The molecule has 1 saturated carbocycles. The highest BCUT2D eigenvalue weighted by atomic mass is 28.4. The molecule has 1 aliphatic rings. The molecular weight excluding hydrogens is 172 g/mol. The van der Waals surface area contributed by atoms with Crippen molar-refractivity contribution in [1.82, 2.24) is 0 Å². The van der Waals surface area contributed by atoms with Crippen LogP contribution in [0.3, 0.4) is 0 Å². The molecule has 0 aromatic carbocycles. The molecule has 1 rings (SSSR count). The number of rotatable bonds is 4. The van der Waals surface area contributed by atoms with Crippen LogP contribution in [0.25, 0.3) is 0 Å². The topological polar surface area (TPSA) is 27.7 Å². The van der Waals surface area contributed by atoms with Crippen LogP contribution in [0, 0.1) is 0 Å². The molecule has 0 heterocycles. The summed E-state index contributed by atoms with van der Waals surface area (Å²) in [6.45, 7) is 3.53. The first-order valence-corrected chi connectivity index (χ1v) is 5.84. The van der Waals surface area contributed by atoms with Crippen molar-refractivity contribution >= 4 is 8.80 Å². The Labute approximate surface area is 75.7 Å². The van der Waals surface area contributed by atoms with Crippen LogP contribution in [0.4, 0.5) is 0 Å². The van der Waals surface area contributed by atoms with Gasteiger partial charge in [0, 0.05) is 21.3 Å². The fourth-order valence-corrected chi connectivity index (χ4v) is 1.50. The molecule has 0 spiro atoms. The second-order valence-electron chi connectivity index (χ2n) is 2.48. The normalized spacial score (nSPS) is 14.6. The van der Waals surface area contributed by atoms with Crippen LogP contribution < -0.4 is 0 Å². The molecule has 0 saturated heterocycles. The quantitative estimate of drug-likeness (QED) is 0.632. The van der Waals surface area contributed by atoms with Crippen molar-refractivity contribution in [3.63, 3.8) is 0 Å². The predicted octanol–water partition coefficient (Wildman–Crippen LogP) is 1.76. The van der Waals surface area contributed by atoms with Crippen molar-refractivity contribution in [2.24, 2.45) is 0 Å². The summed E-state index contributed by atoms with van der Waals surface area (Å²) >= 11 is 0. The maximum absolute atomic E-state index is 4.96. The summed E-state index contributed by atoms with van der Waals surface area (Å²) in [4.78, 5) is 0. The summed E-state index contributed by atoms with van der Waals surface area (Å²) in [6, 6.07) is 0. The summed E-state index contributed by atoms with van der Waals surface area (Å²) in [5.41, 5.74) is 1.58. The molecule has 0 N–H and O–H groups in total. The summed E-state index contributed by atoms with van der Waals surface area (Å²) in [6.07, 6.45) is 4.50. The predicted molar refractivity (Wildman–Crippen MR) is 50.8 cm³/mol. The highest BCUT2D eigenvalue weighted by molar-refractivity contribution is 6.66. The third-order valence-corrected chi connectivity index (χ3v) is 3.66. The average Bonchev–Trinajstić information content (AvgIpc) is 2.96. The zero-order valence-electron chi connectivity index (χ0n) is 8.13. The van der Waals surface area contributed by atoms with Gasteiger partial charge >= 0.3 is 8.80 Å². The first kappa shape index (κ1) is 11.8. The van der Waals surface area contributed by atoms with Crippen LogP contribution in [-0.2, 0) is 13.3 Å². The molecule has 3 nitrogen and oxygen atoms in total. The Morgan fingerprint density at radius 2 is 1.33 bits per heavy atom. The minimum Gasteiger partial charge on any atom is -0.374 e. The van der Waals surface area contributed by atoms with Crippen LogP contribution in [0.1, 0.15) is 19.3 Å². The first-order valence-electron chi connectivity index (χ1n) is 4.03. The molecule has 0 radical (unpaired) electrons. The lowest BCUT2D eigenvalue weighted by Gasteiger charge is -2.19. The smallest absolute Gasteiger partial charge is 0.374 e. The van der Waals surface area contributed by atoms with E-state index < -0.39 is 8.80 Å². The van der Waals surface area contributed by atoms with E-state index in [-0.39, 0.29) is 0 Å². The minimum absolute atomic E-state index is 1.50. The van der Waals surface area contributed by atoms with E-state index in [0.717, 1.165) is 0 Å². The van der Waals surface area contributed by atoms with E-state index in [9.17, 15) is 0 Å². The zero-order valence-corrected chi connectivity index (χ0v) is 9.13. The van der Waals surface area contributed by atoms with Crippen LogP contribution in [0.5, 0.6) is 0 Å². The first-order chi connectivity index (χ1) is 5.74. The van der Waals surface area contributed by atoms with Gasteiger partial charge in [0.2, 0.25) is 0 Å². The van der Waals surface area contributed by atoms with Gasteiger partial charge in [-0.15, -0.1) is 0 Å². The van der Waals surface area contributed by atoms with E-state index >= 15 is 0 Å². The molecule has 0 unspecified atom stereocenters. The molecule has 0 aliphatic heterocycles. The zero-order chi connectivity index (χ0) is 9.45. The van der Waals surface area contributed by atoms with E-state index in [0.29, 0.717) is 0 Å². The highest BCUT2D eigenvalue weighted by Crippen LogP contribution is 2.14. The molecule has 0 bridgehead atoms. The number of hydrogen-bond donors (Lipinski definition) is 0. The Kier molecular flexibility index (Phi) is 6.28. The number of hydrogen-bond acceptors (Lipinski definition) is 3. The van der Waals surface area contributed by atoms with Crippen molar-refractivity contribution in [1.29, 1.82) is 0 Å². The molecule has 0 atom stereocenters. The Hall–Kier alpha value is -0.163. The maximum Gasteiger partial charge on any atom is 0.528 e. The summed E-state index contributed by atoms with van der Waals surface area (Å²) in [7, 11) is 2.20. The van der Waals surface area contributed by atoms with Gasteiger partial charge in [-0.05, 0) is 5.70 Å². The van der Waals surface area contributed by atoms with Crippen LogP contribution >= 0.6 is 0 Å². The van der Waals surface area contributed by atoms with E-state index in [1.165, 1.54) is 19.3 Å². The summed E-state index contributed by atoms with van der Waals surface area (Å²) in [5.74, 6) is 0. The second kappa shape index (κ2) is 6.36. The van der Waals surface area contributed by atoms with E-state index in [2.05, 4.69) is 6.58 Å². The van der Waals surface area contributed by atoms with Gasteiger partial charge in [0.25, 0.3) is 0 Å². The summed E-state index contributed by atoms with van der Waals surface area (Å²) in [5, 5.41) is 0. The van der Waals surface area contributed by atoms with Crippen LogP contribution in [-0.4, -0.2) is 30.1 Å². The lowest BCUT2D eigenvalue weighted by Crippen LogP contribution is -2.40. The van der Waals surface area contributed by atoms with Crippen molar-refractivity contribution in [2.45, 2.75) is 19.3 Å². The molecule has 72 valence electrons. The van der Waals surface area contributed by atoms with Gasteiger partial charge in [0.1, 0.15) is 0 Å². The Bertz CT molecular complexity index is 110. The minimum atomic E-state index is -2.43. The third-order valence-electron chi connectivity index (χ3n) is 1.46. The van der Waals surface area contributed by atoms with Gasteiger partial charge < -0.3 is 13.3 Å². The molecule has 12 heavy (non-hydrogen) atoms. The molecule has 1 aliphatic carbocycles. The summed E-state index contributed by atoms with van der Waals surface area (Å²) < 4.78 is 14.9. The molecule has 0 aromatic heterocycles. The Morgan fingerprint density at radius 1 is 1.00 bits per heavy atom. The Balaban J connectivity index is 0.000000330. The van der Waals surface area contributed by atoms with Crippen LogP contribution in [0.2, 0.25) is 0 Å². The van der Waals surface area contributed by atoms with Crippen molar-refractivity contribution in [3.8, 4) is 0 Å². The monoisotopic (exact) mass is 190 g/mol. The van der Waals surface area contributed by atoms with Gasteiger partial charge in [-0.3, -0.25) is 0 Å². The largest absolute Gasteiger partial charge is 0.528 e. The van der Waals surface area contributed by atoms with Crippen LogP contribution in [0.15, 0.2) is 12.3 Å². The fraction of sp³-hybridized carbons (Fsp3) is 0.750. The highest BCUT2D eigenvalue weighted by Gasteiger charge is 2.33.